The fourth-order valence-electron chi connectivity index (χ4n) is 2.45. The van der Waals surface area contributed by atoms with E-state index in [2.05, 4.69) is 21.2 Å². The number of benzene rings is 2. The van der Waals surface area contributed by atoms with Crippen LogP contribution in [0.4, 0.5) is 5.69 Å². The zero-order valence-electron chi connectivity index (χ0n) is 12.0. The van der Waals surface area contributed by atoms with Crippen LogP contribution in [-0.4, -0.2) is 19.1 Å². The molecular formula is C17H12BrNO4. The standard InChI is InChI=1S/C17H12BrNO4/c18-12-2-1-3-13-11(12)9-16(23-13)17(20)19-10-4-5-14-15(8-10)22-7-6-21-14/h1-5,8-9H,6-7H2,(H,19,20). The number of rotatable bonds is 2. The van der Waals surface area contributed by atoms with E-state index in [1.165, 1.54) is 0 Å². The van der Waals surface area contributed by atoms with Crippen LogP contribution in [0.3, 0.4) is 0 Å². The lowest BCUT2D eigenvalue weighted by Crippen LogP contribution is -2.16. The molecule has 5 nitrogen and oxygen atoms in total. The molecule has 0 spiro atoms. The quantitative estimate of drug-likeness (QED) is 0.730. The largest absolute Gasteiger partial charge is 0.486 e. The van der Waals surface area contributed by atoms with Gasteiger partial charge in [-0.05, 0) is 30.3 Å². The van der Waals surface area contributed by atoms with Gasteiger partial charge in [0.05, 0.1) is 0 Å². The first-order valence-electron chi connectivity index (χ1n) is 7.10. The predicted octanol–water partition coefficient (Wildman–Crippen LogP) is 4.22. The van der Waals surface area contributed by atoms with Crippen molar-refractivity contribution in [3.63, 3.8) is 0 Å². The van der Waals surface area contributed by atoms with E-state index in [0.717, 1.165) is 9.86 Å². The highest BCUT2D eigenvalue weighted by molar-refractivity contribution is 9.10. The Bertz CT molecular complexity index is 903. The first-order valence-corrected chi connectivity index (χ1v) is 7.89. The molecule has 0 bridgehead atoms. The molecule has 4 rings (SSSR count). The lowest BCUT2D eigenvalue weighted by molar-refractivity contribution is 0.0998. The first kappa shape index (κ1) is 14.1. The number of carbonyl (C=O) groups excluding carboxylic acids is 1. The summed E-state index contributed by atoms with van der Waals surface area (Å²) in [5, 5.41) is 3.67. The van der Waals surface area contributed by atoms with Crippen LogP contribution >= 0.6 is 15.9 Å². The van der Waals surface area contributed by atoms with Crippen LogP contribution in [0.1, 0.15) is 10.6 Å². The maximum atomic E-state index is 12.4. The van der Waals surface area contributed by atoms with Gasteiger partial charge in [0.15, 0.2) is 17.3 Å². The van der Waals surface area contributed by atoms with Crippen LogP contribution < -0.4 is 14.8 Å². The van der Waals surface area contributed by atoms with Crippen molar-refractivity contribution in [2.24, 2.45) is 0 Å². The summed E-state index contributed by atoms with van der Waals surface area (Å²) in [6.07, 6.45) is 0. The van der Waals surface area contributed by atoms with Gasteiger partial charge >= 0.3 is 0 Å². The maximum Gasteiger partial charge on any atom is 0.291 e. The smallest absolute Gasteiger partial charge is 0.291 e. The Balaban J connectivity index is 1.60. The summed E-state index contributed by atoms with van der Waals surface area (Å²) in [6, 6.07) is 12.6. The average molecular weight is 374 g/mol. The minimum absolute atomic E-state index is 0.252. The molecule has 0 saturated carbocycles. The third-order valence-corrected chi connectivity index (χ3v) is 4.22. The highest BCUT2D eigenvalue weighted by atomic mass is 79.9. The van der Waals surface area contributed by atoms with Crippen LogP contribution in [0.15, 0.2) is 51.4 Å². The Kier molecular flexibility index (Phi) is 3.46. The number of fused-ring (bicyclic) bond motifs is 2. The summed E-state index contributed by atoms with van der Waals surface area (Å²) < 4.78 is 17.5. The van der Waals surface area contributed by atoms with Crippen molar-refractivity contribution in [3.05, 3.63) is 52.7 Å². The lowest BCUT2D eigenvalue weighted by Gasteiger charge is -2.18. The molecule has 1 amide bonds. The van der Waals surface area contributed by atoms with Crippen LogP contribution in [-0.2, 0) is 0 Å². The molecule has 6 heteroatoms. The zero-order valence-corrected chi connectivity index (χ0v) is 13.6. The average Bonchev–Trinajstić information content (AvgIpc) is 3.01. The van der Waals surface area contributed by atoms with E-state index < -0.39 is 0 Å². The molecule has 1 aliphatic heterocycles. The summed E-state index contributed by atoms with van der Waals surface area (Å²) in [5.74, 6) is 1.25. The monoisotopic (exact) mass is 373 g/mol. The molecule has 1 N–H and O–H groups in total. The number of ether oxygens (including phenoxy) is 2. The Morgan fingerprint density at radius 2 is 1.87 bits per heavy atom. The zero-order chi connectivity index (χ0) is 15.8. The number of hydrogen-bond donors (Lipinski definition) is 1. The highest BCUT2D eigenvalue weighted by Crippen LogP contribution is 2.33. The summed E-state index contributed by atoms with van der Waals surface area (Å²) in [4.78, 5) is 12.4. The van der Waals surface area contributed by atoms with E-state index in [4.69, 9.17) is 13.9 Å². The van der Waals surface area contributed by atoms with Gasteiger partial charge in [0.25, 0.3) is 5.91 Å². The summed E-state index contributed by atoms with van der Waals surface area (Å²) in [6.45, 7) is 1.04. The van der Waals surface area contributed by atoms with Crippen molar-refractivity contribution in [2.75, 3.05) is 18.5 Å². The van der Waals surface area contributed by atoms with Crippen molar-refractivity contribution < 1.29 is 18.7 Å². The molecule has 0 atom stereocenters. The Hall–Kier alpha value is -2.47. The highest BCUT2D eigenvalue weighted by Gasteiger charge is 2.16. The Morgan fingerprint density at radius 1 is 1.04 bits per heavy atom. The molecule has 0 radical (unpaired) electrons. The molecular weight excluding hydrogens is 362 g/mol. The van der Waals surface area contributed by atoms with Crippen molar-refractivity contribution in [3.8, 4) is 11.5 Å². The molecule has 116 valence electrons. The van der Waals surface area contributed by atoms with E-state index in [-0.39, 0.29) is 11.7 Å². The second-order valence-corrected chi connectivity index (χ2v) is 5.93. The van der Waals surface area contributed by atoms with Gasteiger partial charge in [0.1, 0.15) is 18.8 Å². The molecule has 2 heterocycles. The summed E-state index contributed by atoms with van der Waals surface area (Å²) in [5.41, 5.74) is 1.28. The number of amides is 1. The van der Waals surface area contributed by atoms with E-state index in [1.54, 1.807) is 24.3 Å². The lowest BCUT2D eigenvalue weighted by atomic mass is 10.2. The minimum atomic E-state index is -0.315. The number of carbonyl (C=O) groups is 1. The predicted molar refractivity (Wildman–Crippen MR) is 89.3 cm³/mol. The third kappa shape index (κ3) is 2.66. The molecule has 0 fully saturated rings. The van der Waals surface area contributed by atoms with Crippen LogP contribution in [0.2, 0.25) is 0 Å². The van der Waals surface area contributed by atoms with Crippen molar-refractivity contribution >= 4 is 38.5 Å². The molecule has 1 aliphatic rings. The Morgan fingerprint density at radius 3 is 2.70 bits per heavy atom. The van der Waals surface area contributed by atoms with Gasteiger partial charge in [-0.1, -0.05) is 22.0 Å². The van der Waals surface area contributed by atoms with Crippen LogP contribution in [0, 0.1) is 0 Å². The second kappa shape index (κ2) is 5.62. The SMILES string of the molecule is O=C(Nc1ccc2c(c1)OCCO2)c1cc2c(Br)cccc2o1. The number of nitrogens with one attached hydrogen (secondary N) is 1. The van der Waals surface area contributed by atoms with Crippen molar-refractivity contribution in [1.82, 2.24) is 0 Å². The van der Waals surface area contributed by atoms with Gasteiger partial charge in [-0.2, -0.15) is 0 Å². The number of anilines is 1. The molecule has 1 aromatic heterocycles. The van der Waals surface area contributed by atoms with Crippen LogP contribution in [0.5, 0.6) is 11.5 Å². The minimum Gasteiger partial charge on any atom is -0.486 e. The molecule has 0 aliphatic carbocycles. The molecule has 23 heavy (non-hydrogen) atoms. The van der Waals surface area contributed by atoms with Gasteiger partial charge in [0.2, 0.25) is 0 Å². The van der Waals surface area contributed by atoms with Gasteiger partial charge in [-0.15, -0.1) is 0 Å². The number of halogens is 1. The van der Waals surface area contributed by atoms with E-state index in [0.29, 0.717) is 36.0 Å². The number of furan rings is 1. The summed E-state index contributed by atoms with van der Waals surface area (Å²) >= 11 is 3.45. The number of hydrogen-bond acceptors (Lipinski definition) is 4. The van der Waals surface area contributed by atoms with Gasteiger partial charge in [-0.3, -0.25) is 4.79 Å². The summed E-state index contributed by atoms with van der Waals surface area (Å²) in [7, 11) is 0. The normalized spacial score (nSPS) is 13.1. The van der Waals surface area contributed by atoms with E-state index in [1.807, 2.05) is 18.2 Å². The molecule has 2 aromatic carbocycles. The fraction of sp³-hybridized carbons (Fsp3) is 0.118. The topological polar surface area (TPSA) is 60.7 Å². The Labute approximate surface area is 140 Å². The van der Waals surface area contributed by atoms with E-state index >= 15 is 0 Å². The van der Waals surface area contributed by atoms with Gasteiger partial charge in [-0.25, -0.2) is 0 Å². The van der Waals surface area contributed by atoms with Gasteiger partial charge < -0.3 is 19.2 Å². The molecule has 3 aromatic rings. The fourth-order valence-corrected chi connectivity index (χ4v) is 2.91. The first-order chi connectivity index (χ1) is 11.2. The molecule has 0 unspecified atom stereocenters. The third-order valence-electron chi connectivity index (χ3n) is 3.53. The molecule has 0 saturated heterocycles. The second-order valence-electron chi connectivity index (χ2n) is 5.07. The maximum absolute atomic E-state index is 12.4. The van der Waals surface area contributed by atoms with Crippen LogP contribution in [0.25, 0.3) is 11.0 Å². The van der Waals surface area contributed by atoms with Crippen molar-refractivity contribution in [2.45, 2.75) is 0 Å². The van der Waals surface area contributed by atoms with Gasteiger partial charge in [0, 0.05) is 21.6 Å². The van der Waals surface area contributed by atoms with Crippen molar-refractivity contribution in [1.29, 1.82) is 0 Å². The van der Waals surface area contributed by atoms with E-state index in [9.17, 15) is 4.79 Å².